The number of aliphatic hydroxyl groups is 1. The van der Waals surface area contributed by atoms with E-state index in [1.54, 1.807) is 0 Å². The third kappa shape index (κ3) is 11.3. The average molecular weight is 446 g/mol. The summed E-state index contributed by atoms with van der Waals surface area (Å²) in [6, 6.07) is -5.23. The van der Waals surface area contributed by atoms with Crippen molar-refractivity contribution in [2.45, 2.75) is 50.4 Å². The molecular formula is C16H30N8O7. The highest BCUT2D eigenvalue weighted by molar-refractivity contribution is 5.94. The minimum atomic E-state index is -1.46. The summed E-state index contributed by atoms with van der Waals surface area (Å²) in [5.74, 6) is -4.91. The van der Waals surface area contributed by atoms with Gasteiger partial charge in [0.15, 0.2) is 5.96 Å². The van der Waals surface area contributed by atoms with Gasteiger partial charge in [-0.05, 0) is 19.8 Å². The van der Waals surface area contributed by atoms with Crippen LogP contribution in [0.25, 0.3) is 0 Å². The van der Waals surface area contributed by atoms with Gasteiger partial charge in [0, 0.05) is 6.54 Å². The van der Waals surface area contributed by atoms with Crippen molar-refractivity contribution in [3.8, 4) is 0 Å². The molecule has 0 bridgehead atoms. The number of carboxylic acid groups (broad SMARTS) is 1. The molecule has 13 N–H and O–H groups in total. The van der Waals surface area contributed by atoms with Crippen LogP contribution in [-0.2, 0) is 24.0 Å². The van der Waals surface area contributed by atoms with Crippen molar-refractivity contribution < 1.29 is 34.2 Å². The number of carbonyl (C=O) groups excluding carboxylic acids is 4. The number of aliphatic hydroxyl groups excluding tert-OH is 1. The van der Waals surface area contributed by atoms with Crippen molar-refractivity contribution in [3.63, 3.8) is 0 Å². The van der Waals surface area contributed by atoms with Gasteiger partial charge in [-0.15, -0.1) is 0 Å². The van der Waals surface area contributed by atoms with Crippen molar-refractivity contribution in [3.05, 3.63) is 0 Å². The average Bonchev–Trinajstić information content (AvgIpc) is 2.66. The number of aliphatic imine (C=N–C) groups is 1. The van der Waals surface area contributed by atoms with Crippen LogP contribution in [0.3, 0.4) is 0 Å². The zero-order valence-electron chi connectivity index (χ0n) is 17.0. The maximum atomic E-state index is 12.2. The van der Waals surface area contributed by atoms with Gasteiger partial charge in [-0.3, -0.25) is 24.2 Å². The van der Waals surface area contributed by atoms with Crippen LogP contribution in [0.5, 0.6) is 0 Å². The van der Waals surface area contributed by atoms with Gasteiger partial charge in [-0.25, -0.2) is 4.79 Å². The molecule has 15 nitrogen and oxygen atoms in total. The molecule has 0 aliphatic heterocycles. The number of amides is 4. The molecule has 0 saturated heterocycles. The van der Waals surface area contributed by atoms with E-state index in [0.29, 0.717) is 0 Å². The van der Waals surface area contributed by atoms with Gasteiger partial charge in [0.2, 0.25) is 23.6 Å². The zero-order chi connectivity index (χ0) is 24.1. The van der Waals surface area contributed by atoms with Crippen LogP contribution >= 0.6 is 0 Å². The molecule has 176 valence electrons. The summed E-state index contributed by atoms with van der Waals surface area (Å²) in [6.07, 6.45) is -0.157. The number of carboxylic acids is 1. The summed E-state index contributed by atoms with van der Waals surface area (Å²) in [7, 11) is 0. The predicted octanol–water partition coefficient (Wildman–Crippen LogP) is -5.21. The maximum Gasteiger partial charge on any atom is 0.326 e. The summed E-state index contributed by atoms with van der Waals surface area (Å²) in [5.41, 5.74) is 20.7. The molecule has 4 atom stereocenters. The molecule has 15 heteroatoms. The molecule has 0 aromatic rings. The Labute approximate surface area is 178 Å². The second-order valence-electron chi connectivity index (χ2n) is 6.60. The van der Waals surface area contributed by atoms with E-state index in [1.807, 2.05) is 0 Å². The van der Waals surface area contributed by atoms with E-state index in [2.05, 4.69) is 20.9 Å². The third-order valence-electron chi connectivity index (χ3n) is 3.89. The van der Waals surface area contributed by atoms with Crippen LogP contribution in [-0.4, -0.2) is 83.1 Å². The Kier molecular flexibility index (Phi) is 12.2. The van der Waals surface area contributed by atoms with E-state index >= 15 is 0 Å². The van der Waals surface area contributed by atoms with Crippen molar-refractivity contribution in [1.29, 1.82) is 0 Å². The SMILES string of the molecule is CC(NC(=O)C(CO)NC(=O)C(N)CC(N)=O)C(=O)NC(CCCN=C(N)N)C(=O)O. The maximum absolute atomic E-state index is 12.2. The topological polar surface area (TPSA) is 278 Å². The number of nitrogens with zero attached hydrogens (tertiary/aromatic N) is 1. The normalized spacial score (nSPS) is 14.3. The van der Waals surface area contributed by atoms with Crippen LogP contribution in [0, 0.1) is 0 Å². The molecule has 0 saturated carbocycles. The van der Waals surface area contributed by atoms with E-state index in [0.717, 1.165) is 0 Å². The van der Waals surface area contributed by atoms with Gasteiger partial charge in [0.1, 0.15) is 18.1 Å². The van der Waals surface area contributed by atoms with E-state index in [-0.39, 0.29) is 25.3 Å². The Bertz CT molecular complexity index is 695. The van der Waals surface area contributed by atoms with Crippen LogP contribution in [0.2, 0.25) is 0 Å². The Morgan fingerprint density at radius 3 is 2.00 bits per heavy atom. The molecule has 0 heterocycles. The molecule has 0 rings (SSSR count). The number of carbonyl (C=O) groups is 5. The summed E-state index contributed by atoms with van der Waals surface area (Å²) in [5, 5.41) is 25.2. The lowest BCUT2D eigenvalue weighted by atomic mass is 10.1. The Morgan fingerprint density at radius 1 is 0.935 bits per heavy atom. The largest absolute Gasteiger partial charge is 0.480 e. The summed E-state index contributed by atoms with van der Waals surface area (Å²) in [4.78, 5) is 62.1. The van der Waals surface area contributed by atoms with Gasteiger partial charge in [0.25, 0.3) is 0 Å². The Morgan fingerprint density at radius 2 is 1.52 bits per heavy atom. The van der Waals surface area contributed by atoms with Crippen molar-refractivity contribution >= 4 is 35.6 Å². The molecule has 31 heavy (non-hydrogen) atoms. The smallest absolute Gasteiger partial charge is 0.326 e. The van der Waals surface area contributed by atoms with Gasteiger partial charge in [0.05, 0.1) is 19.1 Å². The summed E-state index contributed by atoms with van der Waals surface area (Å²) >= 11 is 0. The second kappa shape index (κ2) is 13.7. The molecule has 0 aliphatic rings. The van der Waals surface area contributed by atoms with Gasteiger partial charge in [-0.2, -0.15) is 0 Å². The fraction of sp³-hybridized carbons (Fsp3) is 0.625. The van der Waals surface area contributed by atoms with E-state index in [9.17, 15) is 34.2 Å². The van der Waals surface area contributed by atoms with Crippen LogP contribution in [0.1, 0.15) is 26.2 Å². The molecule has 0 radical (unpaired) electrons. The molecule has 4 unspecified atom stereocenters. The van der Waals surface area contributed by atoms with Gasteiger partial charge >= 0.3 is 5.97 Å². The van der Waals surface area contributed by atoms with Gasteiger partial charge < -0.3 is 49.1 Å². The Balaban J connectivity index is 4.79. The minimum Gasteiger partial charge on any atom is -0.480 e. The highest BCUT2D eigenvalue weighted by Crippen LogP contribution is 2.00. The first-order valence-corrected chi connectivity index (χ1v) is 9.23. The monoisotopic (exact) mass is 446 g/mol. The molecule has 4 amide bonds. The zero-order valence-corrected chi connectivity index (χ0v) is 17.0. The first-order chi connectivity index (χ1) is 14.4. The number of nitrogens with two attached hydrogens (primary N) is 4. The minimum absolute atomic E-state index is 0.0333. The fourth-order valence-electron chi connectivity index (χ4n) is 2.22. The molecule has 0 fully saturated rings. The van der Waals surface area contributed by atoms with Crippen molar-refractivity contribution in [2.75, 3.05) is 13.2 Å². The van der Waals surface area contributed by atoms with Crippen LogP contribution in [0.15, 0.2) is 4.99 Å². The quantitative estimate of drug-likeness (QED) is 0.0694. The summed E-state index contributed by atoms with van der Waals surface area (Å²) < 4.78 is 0. The number of hydrogen-bond donors (Lipinski definition) is 9. The molecule has 0 aromatic carbocycles. The van der Waals surface area contributed by atoms with E-state index < -0.39 is 66.8 Å². The number of guanidine groups is 1. The first kappa shape index (κ1) is 27.5. The lowest BCUT2D eigenvalue weighted by molar-refractivity contribution is -0.142. The highest BCUT2D eigenvalue weighted by atomic mass is 16.4. The predicted molar refractivity (Wildman–Crippen MR) is 108 cm³/mol. The van der Waals surface area contributed by atoms with Crippen molar-refractivity contribution in [2.24, 2.45) is 27.9 Å². The van der Waals surface area contributed by atoms with Crippen LogP contribution < -0.4 is 38.9 Å². The number of rotatable bonds is 14. The third-order valence-corrected chi connectivity index (χ3v) is 3.89. The molecular weight excluding hydrogens is 416 g/mol. The first-order valence-electron chi connectivity index (χ1n) is 9.23. The van der Waals surface area contributed by atoms with E-state index in [1.165, 1.54) is 6.92 Å². The second-order valence-corrected chi connectivity index (χ2v) is 6.60. The number of hydrogen-bond acceptors (Lipinski definition) is 8. The van der Waals surface area contributed by atoms with Crippen LogP contribution in [0.4, 0.5) is 0 Å². The number of nitrogens with one attached hydrogen (secondary N) is 3. The number of aliphatic carboxylic acids is 1. The summed E-state index contributed by atoms with van der Waals surface area (Å²) in [6.45, 7) is 0.627. The van der Waals surface area contributed by atoms with E-state index in [4.69, 9.17) is 22.9 Å². The highest BCUT2D eigenvalue weighted by Gasteiger charge is 2.28. The molecule has 0 aliphatic carbocycles. The standard InChI is InChI=1S/C16H30N8O7/c1-7(12(27)23-9(15(30)31)3-2-4-21-16(19)20)22-14(29)10(6-25)24-13(28)8(17)5-11(18)26/h7-10,25H,2-6,17H2,1H3,(H2,18,26)(H,22,29)(H,23,27)(H,24,28)(H,30,31)(H4,19,20,21). The Hall–Kier alpha value is -3.46. The molecule has 0 aromatic heterocycles. The molecule has 0 spiro atoms. The van der Waals surface area contributed by atoms with Crippen molar-refractivity contribution in [1.82, 2.24) is 16.0 Å². The fourth-order valence-corrected chi connectivity index (χ4v) is 2.22. The number of primary amides is 1. The van der Waals surface area contributed by atoms with Gasteiger partial charge in [-0.1, -0.05) is 0 Å². The lowest BCUT2D eigenvalue weighted by Crippen LogP contribution is -2.57. The lowest BCUT2D eigenvalue weighted by Gasteiger charge is -2.22.